The lowest BCUT2D eigenvalue weighted by Crippen LogP contribution is -2.52. The predicted octanol–water partition coefficient (Wildman–Crippen LogP) is 6.17. The number of hydrogen-bond acceptors (Lipinski definition) is 4. The molecule has 0 bridgehead atoms. The molecule has 0 unspecified atom stereocenters. The van der Waals surface area contributed by atoms with Gasteiger partial charge in [-0.05, 0) is 74.1 Å². The Kier molecular flexibility index (Phi) is 12.2. The normalized spacial score (nSPS) is 12.8. The summed E-state index contributed by atoms with van der Waals surface area (Å²) in [5.41, 5.74) is 4.33. The molecule has 7 nitrogen and oxygen atoms in total. The molecular weight excluding hydrogens is 614 g/mol. The second-order valence-electron chi connectivity index (χ2n) is 10.8. The van der Waals surface area contributed by atoms with Crippen molar-refractivity contribution in [2.45, 2.75) is 72.0 Å². The van der Waals surface area contributed by atoms with Crippen molar-refractivity contribution in [3.8, 4) is 0 Å². The van der Waals surface area contributed by atoms with Gasteiger partial charge in [0.2, 0.25) is 21.8 Å². The molecule has 3 rings (SSSR count). The van der Waals surface area contributed by atoms with Crippen molar-refractivity contribution in [1.82, 2.24) is 10.2 Å². The van der Waals surface area contributed by atoms with E-state index >= 15 is 0 Å². The van der Waals surface area contributed by atoms with Crippen LogP contribution in [0.5, 0.6) is 0 Å². The van der Waals surface area contributed by atoms with Gasteiger partial charge in [-0.25, -0.2) is 8.42 Å². The Morgan fingerprint density at radius 3 is 2.26 bits per heavy atom. The molecular formula is C33H42BrN3O4S. The van der Waals surface area contributed by atoms with Crippen LogP contribution in [0.2, 0.25) is 0 Å². The quantitative estimate of drug-likeness (QED) is 0.225. The van der Waals surface area contributed by atoms with Gasteiger partial charge in [0.25, 0.3) is 0 Å². The van der Waals surface area contributed by atoms with Crippen LogP contribution in [-0.4, -0.2) is 50.0 Å². The van der Waals surface area contributed by atoms with Crippen LogP contribution in [0.1, 0.15) is 55.4 Å². The Labute approximate surface area is 259 Å². The SMILES string of the molecule is CC[C@H](C)NC(=O)[C@H](Cc1ccccc1)N(Cc1cccc(Br)c1)C(=O)CCCN(c1cccc(C)c1C)S(C)(=O)=O. The topological polar surface area (TPSA) is 86.8 Å². The Morgan fingerprint density at radius 1 is 0.952 bits per heavy atom. The van der Waals surface area contributed by atoms with Gasteiger partial charge < -0.3 is 10.2 Å². The lowest BCUT2D eigenvalue weighted by molar-refractivity contribution is -0.141. The first-order chi connectivity index (χ1) is 19.9. The zero-order valence-corrected chi connectivity index (χ0v) is 27.5. The predicted molar refractivity (Wildman–Crippen MR) is 174 cm³/mol. The van der Waals surface area contributed by atoms with Crippen molar-refractivity contribution in [2.24, 2.45) is 0 Å². The summed E-state index contributed by atoms with van der Waals surface area (Å²) in [5.74, 6) is -0.408. The Hall–Kier alpha value is -3.17. The molecule has 0 saturated carbocycles. The summed E-state index contributed by atoms with van der Waals surface area (Å²) in [6, 6.07) is 22.2. The van der Waals surface area contributed by atoms with E-state index in [1.165, 1.54) is 10.6 Å². The minimum Gasteiger partial charge on any atom is -0.352 e. The number of benzene rings is 3. The van der Waals surface area contributed by atoms with E-state index in [4.69, 9.17) is 0 Å². The van der Waals surface area contributed by atoms with E-state index < -0.39 is 16.1 Å². The second kappa shape index (κ2) is 15.3. The van der Waals surface area contributed by atoms with Gasteiger partial charge in [0.1, 0.15) is 6.04 Å². The first kappa shape index (κ1) is 33.3. The van der Waals surface area contributed by atoms with E-state index in [2.05, 4.69) is 21.2 Å². The zero-order valence-electron chi connectivity index (χ0n) is 25.1. The molecule has 3 aromatic carbocycles. The first-order valence-electron chi connectivity index (χ1n) is 14.3. The Morgan fingerprint density at radius 2 is 1.62 bits per heavy atom. The van der Waals surface area contributed by atoms with Crippen LogP contribution < -0.4 is 9.62 Å². The number of nitrogens with zero attached hydrogens (tertiary/aromatic N) is 2. The van der Waals surface area contributed by atoms with Gasteiger partial charge in [-0.2, -0.15) is 0 Å². The highest BCUT2D eigenvalue weighted by atomic mass is 79.9. The second-order valence-corrected chi connectivity index (χ2v) is 13.7. The fraction of sp³-hybridized carbons (Fsp3) is 0.394. The van der Waals surface area contributed by atoms with E-state index in [9.17, 15) is 18.0 Å². The maximum absolute atomic E-state index is 14.0. The molecule has 3 aromatic rings. The van der Waals surface area contributed by atoms with Gasteiger partial charge in [-0.3, -0.25) is 13.9 Å². The highest BCUT2D eigenvalue weighted by Crippen LogP contribution is 2.26. The monoisotopic (exact) mass is 655 g/mol. The fourth-order valence-electron chi connectivity index (χ4n) is 4.82. The molecule has 0 heterocycles. The molecule has 2 atom stereocenters. The van der Waals surface area contributed by atoms with Crippen LogP contribution in [0.15, 0.2) is 77.3 Å². The lowest BCUT2D eigenvalue weighted by atomic mass is 10.0. The van der Waals surface area contributed by atoms with Gasteiger partial charge in [-0.1, -0.05) is 77.5 Å². The molecule has 0 saturated heterocycles. The summed E-state index contributed by atoms with van der Waals surface area (Å²) < 4.78 is 27.8. The number of aryl methyl sites for hydroxylation is 1. The maximum atomic E-state index is 14.0. The minimum atomic E-state index is -3.58. The summed E-state index contributed by atoms with van der Waals surface area (Å²) in [4.78, 5) is 29.3. The molecule has 0 radical (unpaired) electrons. The third-order valence-electron chi connectivity index (χ3n) is 7.51. The van der Waals surface area contributed by atoms with Crippen molar-refractivity contribution in [2.75, 3.05) is 17.1 Å². The van der Waals surface area contributed by atoms with Crippen LogP contribution >= 0.6 is 15.9 Å². The number of hydrogen-bond donors (Lipinski definition) is 1. The zero-order chi connectivity index (χ0) is 30.9. The lowest BCUT2D eigenvalue weighted by Gasteiger charge is -2.33. The molecule has 0 aliphatic carbocycles. The summed E-state index contributed by atoms with van der Waals surface area (Å²) in [6.07, 6.45) is 2.71. The van der Waals surface area contributed by atoms with Crippen LogP contribution in [0, 0.1) is 13.8 Å². The summed E-state index contributed by atoms with van der Waals surface area (Å²) in [5, 5.41) is 3.08. The molecule has 1 N–H and O–H groups in total. The molecule has 42 heavy (non-hydrogen) atoms. The third kappa shape index (κ3) is 9.42. The molecule has 2 amide bonds. The van der Waals surface area contributed by atoms with E-state index in [1.54, 1.807) is 11.0 Å². The number of anilines is 1. The number of halogens is 1. The minimum absolute atomic E-state index is 0.0421. The summed E-state index contributed by atoms with van der Waals surface area (Å²) >= 11 is 3.52. The van der Waals surface area contributed by atoms with Crippen LogP contribution in [0.4, 0.5) is 5.69 Å². The average Bonchev–Trinajstić information content (AvgIpc) is 2.94. The van der Waals surface area contributed by atoms with Crippen molar-refractivity contribution >= 4 is 43.5 Å². The number of rotatable bonds is 14. The molecule has 9 heteroatoms. The van der Waals surface area contributed by atoms with Gasteiger partial charge in [-0.15, -0.1) is 0 Å². The maximum Gasteiger partial charge on any atom is 0.243 e. The molecule has 0 aliphatic rings. The average molecular weight is 657 g/mol. The van der Waals surface area contributed by atoms with Crippen molar-refractivity contribution < 1.29 is 18.0 Å². The number of amides is 2. The summed E-state index contributed by atoms with van der Waals surface area (Å²) in [7, 11) is -3.58. The van der Waals surface area contributed by atoms with Gasteiger partial charge in [0.15, 0.2) is 0 Å². The molecule has 0 aromatic heterocycles. The number of carbonyl (C=O) groups excluding carboxylic acids is 2. The van der Waals surface area contributed by atoms with Gasteiger partial charge >= 0.3 is 0 Å². The highest BCUT2D eigenvalue weighted by Gasteiger charge is 2.31. The smallest absolute Gasteiger partial charge is 0.243 e. The van der Waals surface area contributed by atoms with Crippen LogP contribution in [0.3, 0.4) is 0 Å². The van der Waals surface area contributed by atoms with Crippen LogP contribution in [0.25, 0.3) is 0 Å². The standard InChI is InChI=1S/C33H42BrN3O4S/c1-6-25(3)35-33(39)31(22-27-14-8-7-9-15-27)36(23-28-16-11-17-29(34)21-28)32(38)19-12-20-37(42(5,40)41)30-18-10-13-24(2)26(30)4/h7-11,13-18,21,25,31H,6,12,19-20,22-23H2,1-5H3,(H,35,39)/t25-,31-/m0/s1. The van der Waals surface area contributed by atoms with Gasteiger partial charge in [0, 0.05) is 36.4 Å². The number of nitrogens with one attached hydrogen (secondary N) is 1. The van der Waals surface area contributed by atoms with Crippen LogP contribution in [-0.2, 0) is 32.6 Å². The van der Waals surface area contributed by atoms with E-state index in [0.717, 1.165) is 33.1 Å². The molecule has 0 fully saturated rings. The highest BCUT2D eigenvalue weighted by molar-refractivity contribution is 9.10. The number of sulfonamides is 1. The van der Waals surface area contributed by atoms with E-state index in [0.29, 0.717) is 18.5 Å². The van der Waals surface area contributed by atoms with E-state index in [-0.39, 0.29) is 37.4 Å². The summed E-state index contributed by atoms with van der Waals surface area (Å²) in [6.45, 7) is 8.20. The molecule has 0 spiro atoms. The largest absolute Gasteiger partial charge is 0.352 e. The van der Waals surface area contributed by atoms with Gasteiger partial charge in [0.05, 0.1) is 11.9 Å². The fourth-order valence-corrected chi connectivity index (χ4v) is 6.28. The first-order valence-corrected chi connectivity index (χ1v) is 17.0. The molecule has 226 valence electrons. The number of carbonyl (C=O) groups is 2. The molecule has 0 aliphatic heterocycles. The van der Waals surface area contributed by atoms with Crippen molar-refractivity contribution in [3.05, 3.63) is 99.5 Å². The van der Waals surface area contributed by atoms with Crippen molar-refractivity contribution in [1.29, 1.82) is 0 Å². The van der Waals surface area contributed by atoms with Crippen molar-refractivity contribution in [3.63, 3.8) is 0 Å². The Balaban J connectivity index is 1.91. The Bertz CT molecular complexity index is 1460. The van der Waals surface area contributed by atoms with E-state index in [1.807, 2.05) is 94.4 Å². The third-order valence-corrected chi connectivity index (χ3v) is 9.18.